The highest BCUT2D eigenvalue weighted by Crippen LogP contribution is 2.09. The predicted molar refractivity (Wildman–Crippen MR) is 70.6 cm³/mol. The van der Waals surface area contributed by atoms with Crippen molar-refractivity contribution in [2.75, 3.05) is 6.54 Å². The zero-order chi connectivity index (χ0) is 13.0. The highest BCUT2D eigenvalue weighted by atomic mass is 15.2. The van der Waals surface area contributed by atoms with Crippen molar-refractivity contribution in [2.45, 2.75) is 33.7 Å². The van der Waals surface area contributed by atoms with Crippen LogP contribution in [0.4, 0.5) is 0 Å². The second-order valence-electron chi connectivity index (χ2n) is 4.15. The first-order valence-electron chi connectivity index (χ1n) is 6.32. The highest BCUT2D eigenvalue weighted by Gasteiger charge is 2.07. The van der Waals surface area contributed by atoms with Gasteiger partial charge in [0.2, 0.25) is 5.95 Å². The summed E-state index contributed by atoms with van der Waals surface area (Å²) in [5, 5.41) is 3.28. The molecule has 5 heteroatoms. The Labute approximate surface area is 107 Å². The Hall–Kier alpha value is -1.75. The van der Waals surface area contributed by atoms with Crippen molar-refractivity contribution >= 4 is 0 Å². The summed E-state index contributed by atoms with van der Waals surface area (Å²) in [5.41, 5.74) is 1.98. The third-order valence-corrected chi connectivity index (χ3v) is 2.70. The summed E-state index contributed by atoms with van der Waals surface area (Å²) in [6, 6.07) is 2.01. The number of rotatable bonds is 5. The van der Waals surface area contributed by atoms with Crippen molar-refractivity contribution in [3.63, 3.8) is 0 Å². The summed E-state index contributed by atoms with van der Waals surface area (Å²) in [6.45, 7) is 7.85. The summed E-state index contributed by atoms with van der Waals surface area (Å²) in [4.78, 5) is 13.3. The van der Waals surface area contributed by atoms with Crippen LogP contribution in [0.3, 0.4) is 0 Å². The lowest BCUT2D eigenvalue weighted by molar-refractivity contribution is 0.699. The highest BCUT2D eigenvalue weighted by molar-refractivity contribution is 5.21. The maximum atomic E-state index is 4.57. The third-order valence-electron chi connectivity index (χ3n) is 2.70. The molecule has 2 rings (SSSR count). The molecule has 0 unspecified atom stereocenters. The third kappa shape index (κ3) is 2.73. The summed E-state index contributed by atoms with van der Waals surface area (Å²) < 4.78 is 1.95. The molecule has 0 saturated carbocycles. The van der Waals surface area contributed by atoms with Crippen LogP contribution in [0.1, 0.15) is 31.1 Å². The van der Waals surface area contributed by atoms with Crippen LogP contribution in [-0.4, -0.2) is 26.1 Å². The summed E-state index contributed by atoms with van der Waals surface area (Å²) in [6.07, 6.45) is 4.56. The molecular weight excluding hydrogens is 226 g/mol. The first-order chi connectivity index (χ1) is 8.74. The first kappa shape index (κ1) is 12.7. The fraction of sp³-hybridized carbons (Fsp3) is 0.462. The van der Waals surface area contributed by atoms with Crippen LogP contribution < -0.4 is 5.32 Å². The molecule has 0 aliphatic heterocycles. The van der Waals surface area contributed by atoms with Crippen LogP contribution in [0.25, 0.3) is 5.95 Å². The van der Waals surface area contributed by atoms with E-state index in [1.807, 2.05) is 23.8 Å². The van der Waals surface area contributed by atoms with Gasteiger partial charge in [-0.2, -0.15) is 0 Å². The molecule has 96 valence electrons. The fourth-order valence-corrected chi connectivity index (χ4v) is 1.85. The van der Waals surface area contributed by atoms with Crippen molar-refractivity contribution in [3.05, 3.63) is 35.7 Å². The topological polar surface area (TPSA) is 55.6 Å². The van der Waals surface area contributed by atoms with Crippen LogP contribution >= 0.6 is 0 Å². The lowest BCUT2D eigenvalue weighted by Crippen LogP contribution is -2.15. The molecule has 2 heterocycles. The molecule has 0 fully saturated rings. The van der Waals surface area contributed by atoms with E-state index in [9.17, 15) is 0 Å². The lowest BCUT2D eigenvalue weighted by atomic mass is 10.3. The van der Waals surface area contributed by atoms with E-state index in [1.54, 1.807) is 6.20 Å². The molecule has 18 heavy (non-hydrogen) atoms. The van der Waals surface area contributed by atoms with E-state index in [0.29, 0.717) is 5.95 Å². The minimum atomic E-state index is 0.706. The molecule has 1 N–H and O–H groups in total. The molecule has 0 aromatic carbocycles. The number of hydrogen-bond donors (Lipinski definition) is 1. The van der Waals surface area contributed by atoms with Gasteiger partial charge in [0, 0.05) is 31.1 Å². The number of aryl methyl sites for hydroxylation is 2. The molecule has 2 aromatic heterocycles. The largest absolute Gasteiger partial charge is 0.311 e. The van der Waals surface area contributed by atoms with E-state index in [1.165, 1.54) is 0 Å². The van der Waals surface area contributed by atoms with Gasteiger partial charge in [0.05, 0.1) is 5.69 Å². The van der Waals surface area contributed by atoms with Crippen LogP contribution in [0, 0.1) is 6.92 Å². The minimum Gasteiger partial charge on any atom is -0.311 e. The number of hydrogen-bond acceptors (Lipinski definition) is 4. The Balaban J connectivity index is 2.35. The van der Waals surface area contributed by atoms with Crippen molar-refractivity contribution < 1.29 is 0 Å². The first-order valence-corrected chi connectivity index (χ1v) is 6.32. The van der Waals surface area contributed by atoms with Crippen LogP contribution in [0.2, 0.25) is 0 Å². The number of imidazole rings is 1. The zero-order valence-corrected chi connectivity index (χ0v) is 11.1. The Morgan fingerprint density at radius 3 is 2.83 bits per heavy atom. The molecule has 0 spiro atoms. The van der Waals surface area contributed by atoms with Crippen molar-refractivity contribution in [2.24, 2.45) is 0 Å². The van der Waals surface area contributed by atoms with E-state index in [0.717, 1.165) is 36.7 Å². The Morgan fingerprint density at radius 1 is 1.28 bits per heavy atom. The lowest BCUT2D eigenvalue weighted by Gasteiger charge is -2.08. The molecule has 0 saturated heterocycles. The predicted octanol–water partition coefficient (Wildman–Crippen LogP) is 1.64. The zero-order valence-electron chi connectivity index (χ0n) is 11.1. The molecule has 0 amide bonds. The van der Waals surface area contributed by atoms with Crippen LogP contribution in [0.15, 0.2) is 18.5 Å². The molecular formula is C13H19N5. The van der Waals surface area contributed by atoms with Crippen LogP contribution in [0.5, 0.6) is 0 Å². The van der Waals surface area contributed by atoms with Gasteiger partial charge in [-0.3, -0.25) is 4.57 Å². The Morgan fingerprint density at radius 2 is 2.11 bits per heavy atom. The number of nitrogens with zero attached hydrogens (tertiary/aromatic N) is 4. The number of aromatic nitrogens is 4. The maximum absolute atomic E-state index is 4.57. The van der Waals surface area contributed by atoms with E-state index in [4.69, 9.17) is 0 Å². The normalized spacial score (nSPS) is 10.8. The summed E-state index contributed by atoms with van der Waals surface area (Å²) >= 11 is 0. The molecule has 2 aromatic rings. The van der Waals surface area contributed by atoms with Gasteiger partial charge in [-0.1, -0.05) is 13.8 Å². The minimum absolute atomic E-state index is 0.706. The molecule has 5 nitrogen and oxygen atoms in total. The average molecular weight is 245 g/mol. The van der Waals surface area contributed by atoms with Gasteiger partial charge in [0.15, 0.2) is 0 Å². The monoisotopic (exact) mass is 245 g/mol. The van der Waals surface area contributed by atoms with Crippen molar-refractivity contribution in [1.82, 2.24) is 24.8 Å². The molecule has 0 aliphatic carbocycles. The smallest absolute Gasteiger partial charge is 0.235 e. The molecule has 0 radical (unpaired) electrons. The van der Waals surface area contributed by atoms with Gasteiger partial charge < -0.3 is 5.32 Å². The summed E-state index contributed by atoms with van der Waals surface area (Å²) in [5.74, 6) is 1.69. The van der Waals surface area contributed by atoms with E-state index in [2.05, 4.69) is 34.1 Å². The van der Waals surface area contributed by atoms with Crippen molar-refractivity contribution in [3.8, 4) is 5.95 Å². The summed E-state index contributed by atoms with van der Waals surface area (Å²) in [7, 11) is 0. The average Bonchev–Trinajstić information content (AvgIpc) is 2.84. The van der Waals surface area contributed by atoms with Crippen molar-refractivity contribution in [1.29, 1.82) is 0 Å². The second-order valence-corrected chi connectivity index (χ2v) is 4.15. The molecule has 0 bridgehead atoms. The van der Waals surface area contributed by atoms with Gasteiger partial charge >= 0.3 is 0 Å². The van der Waals surface area contributed by atoms with Gasteiger partial charge in [-0.15, -0.1) is 0 Å². The van der Waals surface area contributed by atoms with Gasteiger partial charge in [-0.25, -0.2) is 15.0 Å². The van der Waals surface area contributed by atoms with E-state index < -0.39 is 0 Å². The Bertz CT molecular complexity index is 518. The van der Waals surface area contributed by atoms with E-state index in [-0.39, 0.29) is 0 Å². The molecule has 0 aliphatic rings. The Kier molecular flexibility index (Phi) is 4.04. The SMILES string of the molecule is CCNCc1cc(C)nc(-n2ccnc2CC)n1. The van der Waals surface area contributed by atoms with Gasteiger partial charge in [0.25, 0.3) is 0 Å². The van der Waals surface area contributed by atoms with Crippen LogP contribution in [-0.2, 0) is 13.0 Å². The maximum Gasteiger partial charge on any atom is 0.235 e. The number of nitrogens with one attached hydrogen (secondary N) is 1. The molecule has 0 atom stereocenters. The quantitative estimate of drug-likeness (QED) is 0.870. The fourth-order valence-electron chi connectivity index (χ4n) is 1.85. The van der Waals surface area contributed by atoms with Gasteiger partial charge in [0.1, 0.15) is 5.82 Å². The standard InChI is InChI=1S/C13H19N5/c1-4-12-15-6-7-18(12)13-16-10(3)8-11(17-13)9-14-5-2/h6-8,14H,4-5,9H2,1-3H3. The second kappa shape index (κ2) is 5.73. The van der Waals surface area contributed by atoms with Gasteiger partial charge in [-0.05, 0) is 19.5 Å². The van der Waals surface area contributed by atoms with E-state index >= 15 is 0 Å².